The Morgan fingerprint density at radius 3 is 2.38 bits per heavy atom. The molecule has 1 aromatic carbocycles. The van der Waals surface area contributed by atoms with Gasteiger partial charge in [0.25, 0.3) is 0 Å². The monoisotopic (exact) mass is 508 g/mol. The molecule has 0 aliphatic rings. The van der Waals surface area contributed by atoms with Crippen molar-refractivity contribution in [1.29, 1.82) is 0 Å². The SMILES string of the molecule is CN=C(NCCc1cccs1)NCc1ccc(CS(=O)(=O)NC)cc1.I. The molecule has 0 amide bonds. The van der Waals surface area contributed by atoms with Gasteiger partial charge in [0, 0.05) is 25.0 Å². The fourth-order valence-corrected chi connectivity index (χ4v) is 3.69. The molecule has 0 bridgehead atoms. The van der Waals surface area contributed by atoms with Crippen LogP contribution >= 0.6 is 35.3 Å². The molecule has 0 aliphatic heterocycles. The summed E-state index contributed by atoms with van der Waals surface area (Å²) in [5, 5.41) is 8.62. The third kappa shape index (κ3) is 8.02. The number of aliphatic imine (C=N–C) groups is 1. The lowest BCUT2D eigenvalue weighted by molar-refractivity contribution is 0.587. The Morgan fingerprint density at radius 1 is 1.12 bits per heavy atom. The third-order valence-electron chi connectivity index (χ3n) is 3.62. The molecule has 1 heterocycles. The first-order valence-electron chi connectivity index (χ1n) is 7.98. The van der Waals surface area contributed by atoms with Crippen molar-refractivity contribution in [2.75, 3.05) is 20.6 Å². The third-order valence-corrected chi connectivity index (χ3v) is 5.89. The van der Waals surface area contributed by atoms with E-state index in [4.69, 9.17) is 0 Å². The van der Waals surface area contributed by atoms with Gasteiger partial charge in [-0.25, -0.2) is 13.1 Å². The van der Waals surface area contributed by atoms with Crippen molar-refractivity contribution in [3.8, 4) is 0 Å². The first-order chi connectivity index (χ1) is 12.0. The van der Waals surface area contributed by atoms with Gasteiger partial charge in [-0.3, -0.25) is 4.99 Å². The lowest BCUT2D eigenvalue weighted by Gasteiger charge is -2.12. The number of sulfonamides is 1. The molecule has 0 atom stereocenters. The van der Waals surface area contributed by atoms with E-state index in [1.54, 1.807) is 18.4 Å². The quantitative estimate of drug-likeness (QED) is 0.291. The standard InChI is InChI=1S/C17H24N4O2S2.HI/c1-18-17(20-10-9-16-4-3-11-24-16)21-12-14-5-7-15(8-6-14)13-25(22,23)19-2;/h3-8,11,19H,9-10,12-13H2,1-2H3,(H2,18,20,21);1H. The van der Waals surface area contributed by atoms with Crippen LogP contribution in [0, 0.1) is 0 Å². The van der Waals surface area contributed by atoms with Crippen LogP contribution in [0.1, 0.15) is 16.0 Å². The van der Waals surface area contributed by atoms with Gasteiger partial charge in [-0.2, -0.15) is 0 Å². The first kappa shape index (κ1) is 22.9. The highest BCUT2D eigenvalue weighted by molar-refractivity contribution is 14.0. The molecule has 2 aromatic rings. The highest BCUT2D eigenvalue weighted by Crippen LogP contribution is 2.09. The molecule has 0 radical (unpaired) electrons. The van der Waals surface area contributed by atoms with E-state index in [0.717, 1.165) is 30.1 Å². The maximum Gasteiger partial charge on any atom is 0.215 e. The molecule has 2 rings (SSSR count). The summed E-state index contributed by atoms with van der Waals surface area (Å²) in [5.74, 6) is 0.738. The minimum atomic E-state index is -3.24. The highest BCUT2D eigenvalue weighted by atomic mass is 127. The number of nitrogens with zero attached hydrogens (tertiary/aromatic N) is 1. The van der Waals surface area contributed by atoms with Crippen LogP contribution < -0.4 is 15.4 Å². The second-order valence-electron chi connectivity index (χ2n) is 5.46. The average molecular weight is 508 g/mol. The molecule has 0 aliphatic carbocycles. The number of hydrogen-bond donors (Lipinski definition) is 3. The van der Waals surface area contributed by atoms with Gasteiger partial charge in [-0.15, -0.1) is 35.3 Å². The van der Waals surface area contributed by atoms with Crippen molar-refractivity contribution in [2.24, 2.45) is 4.99 Å². The number of thiophene rings is 1. The summed E-state index contributed by atoms with van der Waals surface area (Å²) < 4.78 is 25.4. The molecule has 1 aromatic heterocycles. The Balaban J connectivity index is 0.00000338. The van der Waals surface area contributed by atoms with Gasteiger partial charge in [0.15, 0.2) is 5.96 Å². The van der Waals surface area contributed by atoms with E-state index in [-0.39, 0.29) is 29.7 Å². The normalized spacial score (nSPS) is 11.7. The Morgan fingerprint density at radius 2 is 1.81 bits per heavy atom. The van der Waals surface area contributed by atoms with Gasteiger partial charge in [-0.1, -0.05) is 30.3 Å². The van der Waals surface area contributed by atoms with E-state index in [1.165, 1.54) is 11.9 Å². The van der Waals surface area contributed by atoms with Gasteiger partial charge < -0.3 is 10.6 Å². The Kier molecular flexibility index (Phi) is 10.1. The van der Waals surface area contributed by atoms with E-state index in [2.05, 4.69) is 37.9 Å². The van der Waals surface area contributed by atoms with Crippen molar-refractivity contribution < 1.29 is 8.42 Å². The second-order valence-corrected chi connectivity index (χ2v) is 8.42. The molecule has 9 heteroatoms. The number of rotatable bonds is 8. The summed E-state index contributed by atoms with van der Waals surface area (Å²) in [4.78, 5) is 5.55. The van der Waals surface area contributed by atoms with Crippen molar-refractivity contribution in [1.82, 2.24) is 15.4 Å². The molecule has 6 nitrogen and oxygen atoms in total. The molecule has 0 spiro atoms. The fourth-order valence-electron chi connectivity index (χ4n) is 2.21. The Labute approximate surface area is 176 Å². The second kappa shape index (κ2) is 11.5. The minimum Gasteiger partial charge on any atom is -0.356 e. The molecule has 0 saturated carbocycles. The Hall–Kier alpha value is -1.17. The van der Waals surface area contributed by atoms with Crippen molar-refractivity contribution in [3.63, 3.8) is 0 Å². The molecule has 0 unspecified atom stereocenters. The smallest absolute Gasteiger partial charge is 0.215 e. The molecular formula is C17H25IN4O2S2. The maximum absolute atomic E-state index is 11.5. The van der Waals surface area contributed by atoms with E-state index >= 15 is 0 Å². The van der Waals surface area contributed by atoms with Crippen LogP contribution in [0.5, 0.6) is 0 Å². The summed E-state index contributed by atoms with van der Waals surface area (Å²) in [6, 6.07) is 11.7. The van der Waals surface area contributed by atoms with Crippen LogP contribution in [-0.2, 0) is 28.7 Å². The van der Waals surface area contributed by atoms with Crippen LogP contribution in [0.3, 0.4) is 0 Å². The molecule has 0 fully saturated rings. The largest absolute Gasteiger partial charge is 0.356 e. The van der Waals surface area contributed by atoms with E-state index in [1.807, 2.05) is 24.3 Å². The summed E-state index contributed by atoms with van der Waals surface area (Å²) in [6.07, 6.45) is 0.965. The van der Waals surface area contributed by atoms with Crippen LogP contribution in [0.25, 0.3) is 0 Å². The van der Waals surface area contributed by atoms with Crippen LogP contribution in [0.15, 0.2) is 46.8 Å². The predicted octanol–water partition coefficient (Wildman–Crippen LogP) is 2.32. The number of hydrogen-bond acceptors (Lipinski definition) is 4. The zero-order valence-corrected chi connectivity index (χ0v) is 18.8. The van der Waals surface area contributed by atoms with Gasteiger partial charge >= 0.3 is 0 Å². The van der Waals surface area contributed by atoms with Crippen LogP contribution in [0.4, 0.5) is 0 Å². The van der Waals surface area contributed by atoms with Crippen molar-refractivity contribution in [2.45, 2.75) is 18.7 Å². The van der Waals surface area contributed by atoms with Crippen LogP contribution in [0.2, 0.25) is 0 Å². The molecule has 26 heavy (non-hydrogen) atoms. The number of halogens is 1. The summed E-state index contributed by atoms with van der Waals surface area (Å²) in [6.45, 7) is 1.44. The topological polar surface area (TPSA) is 82.6 Å². The highest BCUT2D eigenvalue weighted by Gasteiger charge is 2.08. The summed E-state index contributed by atoms with van der Waals surface area (Å²) >= 11 is 1.75. The van der Waals surface area contributed by atoms with E-state index in [0.29, 0.717) is 6.54 Å². The lowest BCUT2D eigenvalue weighted by atomic mass is 10.1. The Bertz CT molecular complexity index is 776. The molecule has 144 valence electrons. The molecule has 0 saturated heterocycles. The van der Waals surface area contributed by atoms with Gasteiger partial charge in [0.2, 0.25) is 10.0 Å². The summed E-state index contributed by atoms with van der Waals surface area (Å²) in [7, 11) is -0.0744. The van der Waals surface area contributed by atoms with Crippen molar-refractivity contribution >= 4 is 51.3 Å². The maximum atomic E-state index is 11.5. The van der Waals surface area contributed by atoms with E-state index < -0.39 is 10.0 Å². The predicted molar refractivity (Wildman–Crippen MR) is 120 cm³/mol. The van der Waals surface area contributed by atoms with Gasteiger partial charge in [0.1, 0.15) is 0 Å². The van der Waals surface area contributed by atoms with Gasteiger partial charge in [0.05, 0.1) is 5.75 Å². The van der Waals surface area contributed by atoms with E-state index in [9.17, 15) is 8.42 Å². The van der Waals surface area contributed by atoms with Gasteiger partial charge in [-0.05, 0) is 36.0 Å². The average Bonchev–Trinajstić information content (AvgIpc) is 3.12. The molecule has 3 N–H and O–H groups in total. The zero-order chi connectivity index (χ0) is 18.1. The van der Waals surface area contributed by atoms with Crippen molar-refractivity contribution in [3.05, 3.63) is 57.8 Å². The number of guanidine groups is 1. The summed E-state index contributed by atoms with van der Waals surface area (Å²) in [5.41, 5.74) is 1.82. The fraction of sp³-hybridized carbons (Fsp3) is 0.353. The van der Waals surface area contributed by atoms with Crippen LogP contribution in [-0.4, -0.2) is 35.0 Å². The lowest BCUT2D eigenvalue weighted by Crippen LogP contribution is -2.37. The number of nitrogens with one attached hydrogen (secondary N) is 3. The first-order valence-corrected chi connectivity index (χ1v) is 10.5. The number of benzene rings is 1. The zero-order valence-electron chi connectivity index (χ0n) is 14.9. The molecular weight excluding hydrogens is 483 g/mol. The minimum absolute atomic E-state index is 0.